The maximum absolute atomic E-state index is 3.15. The molecule has 0 radical (unpaired) electrons. The minimum atomic E-state index is 0. The van der Waals surface area contributed by atoms with Gasteiger partial charge in [0.25, 0.3) is 0 Å². The Bertz CT molecular complexity index is 93.4. The van der Waals surface area contributed by atoms with Crippen LogP contribution in [0.5, 0.6) is 0 Å². The standard InChI is InChI=1S/C5H9.3C2H6.12W/c1-4-5(2)3;3*1-2;;;;;;;;;;;;/h5H,4H2,2-3H3;3*1-2H3;;;;;;;;;;;;/q-1;;;;;;;;;;;;;;;. The number of hydrogen-bond donors (Lipinski definition) is 0. The van der Waals surface area contributed by atoms with E-state index in [1.54, 1.807) is 162 Å². The predicted molar refractivity (Wildman–Crippen MR) is 58.5 cm³/mol. The minimum absolute atomic E-state index is 0. The van der Waals surface area contributed by atoms with Crippen molar-refractivity contribution < 1.29 is 203 Å². The van der Waals surface area contributed by atoms with E-state index in [0.717, 1.165) is 12.3 Å². The number of hydrogen-bond acceptors (Lipinski definition) is 0. The van der Waals surface area contributed by atoms with Crippen LogP contribution in [0.4, 0.5) is 0 Å². The van der Waals surface area contributed by atoms with Gasteiger partial charge in [0.15, 0.2) is 0 Å². The molecule has 0 nitrogen and oxygen atoms in total. The first-order valence-corrected chi connectivity index (χ1v) is 62.4. The second-order valence-corrected chi connectivity index (χ2v) is 2.78. The molecule has 0 bridgehead atoms. The van der Waals surface area contributed by atoms with E-state index < -0.39 is 0 Å². The summed E-state index contributed by atoms with van der Waals surface area (Å²) in [6.07, 6.45) is 1.16. The fourth-order valence-corrected chi connectivity index (χ4v) is 1.36. The molecule has 0 spiro atoms. The fraction of sp³-hybridized carbons (Fsp3) is 0.909. The Morgan fingerprint density at radius 2 is 0.696 bits per heavy atom. The van der Waals surface area contributed by atoms with Crippen LogP contribution in [0, 0.1) is 5.92 Å². The van der Waals surface area contributed by atoms with Gasteiger partial charge in [-0.25, -0.2) is 0 Å². The van der Waals surface area contributed by atoms with E-state index in [2.05, 4.69) is 18.2 Å². The van der Waals surface area contributed by atoms with Crippen LogP contribution in [0.2, 0.25) is 0 Å². The van der Waals surface area contributed by atoms with Crippen molar-refractivity contribution in [2.75, 3.05) is 0 Å². The number of rotatable bonds is 2. The Hall–Kier alpha value is 8.13. The molecule has 0 unspecified atom stereocenters. The summed E-state index contributed by atoms with van der Waals surface area (Å²) in [7, 11) is 0. The van der Waals surface area contributed by atoms with E-state index in [9.17, 15) is 0 Å². The summed E-state index contributed by atoms with van der Waals surface area (Å²) in [5.74, 6) is 0.808. The second-order valence-electron chi connectivity index (χ2n) is 1.74. The molecule has 0 rings (SSSR count). The third kappa shape index (κ3) is 192. The summed E-state index contributed by atoms with van der Waals surface area (Å²) >= 11 is 18.1. The Morgan fingerprint density at radius 3 is 0.696 bits per heavy atom. The molecule has 0 heterocycles. The fourth-order valence-electron chi connectivity index (χ4n) is 0.167. The van der Waals surface area contributed by atoms with Crippen molar-refractivity contribution in [3.8, 4) is 0 Å². The Balaban J connectivity index is -0.0000000110. The van der Waals surface area contributed by atoms with Gasteiger partial charge < -0.3 is 0 Å². The first-order chi connectivity index (χ1) is 10.8. The van der Waals surface area contributed by atoms with Crippen molar-refractivity contribution in [3.63, 3.8) is 0 Å². The first kappa shape index (κ1) is 63.3. The molecule has 0 aromatic carbocycles. The molecule has 0 aliphatic carbocycles. The third-order valence-corrected chi connectivity index (χ3v) is 1.09. The van der Waals surface area contributed by atoms with Gasteiger partial charge in [-0.05, 0) is 0 Å². The van der Waals surface area contributed by atoms with Crippen molar-refractivity contribution in [1.29, 1.82) is 0 Å². The molecule has 0 saturated carbocycles. The molecule has 0 aliphatic heterocycles. The van der Waals surface area contributed by atoms with Gasteiger partial charge in [-0.1, -0.05) is 41.5 Å². The van der Waals surface area contributed by atoms with Gasteiger partial charge in [0.1, 0.15) is 0 Å². The molecular formula is C11H27W12-. The molecule has 0 fully saturated rings. The summed E-state index contributed by atoms with van der Waals surface area (Å²) in [5, 5.41) is 0. The SMILES string of the molecule is CC.CC.CC.CC(C)C[C-]=[W].[W].[W]=[W].[W]=[W].[W]=[W].[W]=[W].[W]=[W]. The summed E-state index contributed by atoms with van der Waals surface area (Å²) in [4.78, 5) is 0. The van der Waals surface area contributed by atoms with Crippen molar-refractivity contribution >= 4 is 4.40 Å². The van der Waals surface area contributed by atoms with E-state index in [1.807, 2.05) is 41.5 Å². The van der Waals surface area contributed by atoms with Gasteiger partial charge in [-0.15, -0.1) is 0 Å². The molecule has 144 valence electrons. The molecule has 0 saturated heterocycles. The van der Waals surface area contributed by atoms with Crippen LogP contribution in [0.3, 0.4) is 0 Å². The molecular weight excluding hydrogens is 2340 g/mol. The van der Waals surface area contributed by atoms with Crippen molar-refractivity contribution in [2.24, 2.45) is 5.92 Å². The topological polar surface area (TPSA) is 0 Å². The predicted octanol–water partition coefficient (Wildman–Crippen LogP) is 4.31. The Morgan fingerprint density at radius 1 is 0.565 bits per heavy atom. The van der Waals surface area contributed by atoms with Gasteiger partial charge in [-0.2, -0.15) is 0 Å². The average molecular weight is 2370 g/mol. The van der Waals surface area contributed by atoms with Gasteiger partial charge in [0, 0.05) is 21.1 Å². The first-order valence-electron chi connectivity index (χ1n) is 5.95. The monoisotopic (exact) mass is 2370 g/mol. The van der Waals surface area contributed by atoms with Gasteiger partial charge in [0.05, 0.1) is 0 Å². The van der Waals surface area contributed by atoms with Crippen LogP contribution >= 0.6 is 0 Å². The quantitative estimate of drug-likeness (QED) is 0.363. The van der Waals surface area contributed by atoms with E-state index in [0.29, 0.717) is 0 Å². The zero-order valence-electron chi connectivity index (χ0n) is 14.7. The summed E-state index contributed by atoms with van der Waals surface area (Å²) in [5.41, 5.74) is 0. The average Bonchev–Trinajstić information content (AvgIpc) is 2.68. The van der Waals surface area contributed by atoms with Crippen LogP contribution in [-0.4, -0.2) is 4.40 Å². The Labute approximate surface area is 267 Å². The zero-order chi connectivity index (χ0) is 21.0. The van der Waals surface area contributed by atoms with E-state index in [4.69, 9.17) is 0 Å². The van der Waals surface area contributed by atoms with Crippen LogP contribution in [0.25, 0.3) is 0 Å². The molecule has 0 atom stereocenters. The van der Waals surface area contributed by atoms with E-state index >= 15 is 0 Å². The van der Waals surface area contributed by atoms with E-state index in [1.165, 1.54) is 19.4 Å². The van der Waals surface area contributed by atoms with Crippen molar-refractivity contribution in [3.05, 3.63) is 0 Å². The summed E-state index contributed by atoms with van der Waals surface area (Å²) in [6, 6.07) is 0. The van der Waals surface area contributed by atoms with Crippen LogP contribution < -0.4 is 0 Å². The third-order valence-electron chi connectivity index (χ3n) is 0.492. The molecule has 0 N–H and O–H groups in total. The second kappa shape index (κ2) is 148. The molecule has 0 aliphatic rings. The van der Waals surface area contributed by atoms with Crippen molar-refractivity contribution in [1.82, 2.24) is 0 Å². The van der Waals surface area contributed by atoms with Gasteiger partial charge in [0.2, 0.25) is 0 Å². The zero-order valence-corrected chi connectivity index (χ0v) is 49.9. The normalized spacial score (nSPS) is 4.04. The molecule has 0 aromatic heterocycles. The van der Waals surface area contributed by atoms with Crippen LogP contribution in [0.1, 0.15) is 61.8 Å². The maximum atomic E-state index is 3.15. The summed E-state index contributed by atoms with van der Waals surface area (Å²) < 4.78 is 3.15. The van der Waals surface area contributed by atoms with E-state index in [-0.39, 0.29) is 21.1 Å². The molecule has 0 amide bonds. The summed E-state index contributed by atoms with van der Waals surface area (Å²) in [6.45, 7) is 16.4. The molecule has 23 heavy (non-hydrogen) atoms. The molecule has 0 aromatic rings. The van der Waals surface area contributed by atoms with Crippen LogP contribution in [-0.2, 0) is 203 Å². The van der Waals surface area contributed by atoms with Crippen molar-refractivity contribution in [2.45, 2.75) is 61.8 Å². The Kier molecular flexibility index (Phi) is 408. The van der Waals surface area contributed by atoms with Crippen LogP contribution in [0.15, 0.2) is 0 Å². The van der Waals surface area contributed by atoms with Gasteiger partial charge in [-0.3, -0.25) is 0 Å². The molecule has 12 heteroatoms. The van der Waals surface area contributed by atoms with Gasteiger partial charge >= 0.3 is 212 Å².